The molecule has 2 atom stereocenters. The predicted molar refractivity (Wildman–Crippen MR) is 96.6 cm³/mol. The van der Waals surface area contributed by atoms with E-state index in [2.05, 4.69) is 31.3 Å². The van der Waals surface area contributed by atoms with Crippen molar-refractivity contribution in [1.82, 2.24) is 0 Å². The summed E-state index contributed by atoms with van der Waals surface area (Å²) in [5, 5.41) is 0. The summed E-state index contributed by atoms with van der Waals surface area (Å²) in [5.41, 5.74) is 1.08. The largest absolute Gasteiger partial charge is 0.459 e. The Morgan fingerprint density at radius 3 is 2.62 bits per heavy atom. The normalized spacial score (nSPS) is 23.8. The van der Waals surface area contributed by atoms with Gasteiger partial charge in [-0.3, -0.25) is 4.79 Å². The van der Waals surface area contributed by atoms with Crippen LogP contribution in [0.15, 0.2) is 42.5 Å². The summed E-state index contributed by atoms with van der Waals surface area (Å²) in [6.45, 7) is 3.90. The average Bonchev–Trinajstić information content (AvgIpc) is 3.04. The van der Waals surface area contributed by atoms with Crippen LogP contribution in [-0.2, 0) is 9.53 Å². The van der Waals surface area contributed by atoms with E-state index in [0.717, 1.165) is 35.9 Å². The molecule has 24 heavy (non-hydrogen) atoms. The van der Waals surface area contributed by atoms with E-state index in [-0.39, 0.29) is 17.8 Å². The molecule has 2 aliphatic rings. The first kappa shape index (κ1) is 17.2. The van der Waals surface area contributed by atoms with Crippen molar-refractivity contribution in [2.45, 2.75) is 38.0 Å². The molecule has 130 valence electrons. The van der Waals surface area contributed by atoms with E-state index in [1.54, 1.807) is 0 Å². The van der Waals surface area contributed by atoms with Crippen LogP contribution in [0.5, 0.6) is 0 Å². The van der Waals surface area contributed by atoms with Gasteiger partial charge in [0.25, 0.3) is 0 Å². The quantitative estimate of drug-likeness (QED) is 0.449. The molecule has 1 fully saturated rings. The van der Waals surface area contributed by atoms with E-state index >= 15 is 0 Å². The first-order valence-electron chi connectivity index (χ1n) is 9.40. The highest BCUT2D eigenvalue weighted by molar-refractivity contribution is 5.79. The second kappa shape index (κ2) is 7.98. The van der Waals surface area contributed by atoms with E-state index in [9.17, 15) is 4.79 Å². The van der Waals surface area contributed by atoms with Crippen LogP contribution in [0, 0.1) is 5.92 Å². The molecule has 1 aromatic rings. The molecule has 1 heterocycles. The Bertz CT molecular complexity index is 560. The molecule has 0 bridgehead atoms. The third kappa shape index (κ3) is 4.27. The molecule has 0 N–H and O–H groups in total. The van der Waals surface area contributed by atoms with Gasteiger partial charge in [-0.2, -0.15) is 0 Å². The number of esters is 1. The Hall–Kier alpha value is -1.61. The van der Waals surface area contributed by atoms with Gasteiger partial charge in [0.1, 0.15) is 13.2 Å². The van der Waals surface area contributed by atoms with Gasteiger partial charge < -0.3 is 9.22 Å². The number of rotatable bonds is 6. The number of carbonyl (C=O) groups is 1. The summed E-state index contributed by atoms with van der Waals surface area (Å²) in [7, 11) is 2.28. The van der Waals surface area contributed by atoms with Crippen LogP contribution in [0.25, 0.3) is 0 Å². The van der Waals surface area contributed by atoms with Crippen LogP contribution in [0.4, 0.5) is 0 Å². The minimum atomic E-state index is -0.161. The summed E-state index contributed by atoms with van der Waals surface area (Å²) < 4.78 is 6.80. The van der Waals surface area contributed by atoms with Crippen molar-refractivity contribution in [3.63, 3.8) is 0 Å². The molecule has 0 aromatic heterocycles. The Morgan fingerprint density at radius 1 is 1.21 bits per heavy atom. The fourth-order valence-electron chi connectivity index (χ4n) is 4.11. The Kier molecular flexibility index (Phi) is 5.72. The van der Waals surface area contributed by atoms with Crippen molar-refractivity contribution in [3.05, 3.63) is 48.0 Å². The van der Waals surface area contributed by atoms with Gasteiger partial charge in [-0.15, -0.1) is 0 Å². The van der Waals surface area contributed by atoms with Gasteiger partial charge in [0.2, 0.25) is 0 Å². The average molecular weight is 328 g/mol. The number of allylic oxidation sites excluding steroid dienone is 2. The van der Waals surface area contributed by atoms with Gasteiger partial charge in [-0.05, 0) is 30.7 Å². The number of quaternary nitrogens is 1. The van der Waals surface area contributed by atoms with Crippen molar-refractivity contribution in [2.75, 3.05) is 33.3 Å². The number of hydrogen-bond donors (Lipinski definition) is 0. The SMILES string of the molecule is C[N+]1(CCOC(=O)[C@H](c2ccccc2)[C@@H]2C=CCCC2)CCCC1. The fraction of sp³-hybridized carbons (Fsp3) is 0.571. The maximum absolute atomic E-state index is 12.9. The lowest BCUT2D eigenvalue weighted by atomic mass is 9.80. The molecule has 3 rings (SSSR count). The van der Waals surface area contributed by atoms with Crippen LogP contribution in [0.1, 0.15) is 43.6 Å². The highest BCUT2D eigenvalue weighted by atomic mass is 16.5. The Morgan fingerprint density at radius 2 is 1.96 bits per heavy atom. The molecule has 3 heteroatoms. The van der Waals surface area contributed by atoms with Crippen molar-refractivity contribution in [1.29, 1.82) is 0 Å². The van der Waals surface area contributed by atoms with Gasteiger partial charge >= 0.3 is 5.97 Å². The van der Waals surface area contributed by atoms with Crippen LogP contribution >= 0.6 is 0 Å². The molecule has 0 spiro atoms. The molecule has 3 nitrogen and oxygen atoms in total. The second-order valence-corrected chi connectivity index (χ2v) is 7.58. The third-order valence-electron chi connectivity index (χ3n) is 5.65. The number of likely N-dealkylation sites (N-methyl/N-ethyl adjacent to an activating group) is 1. The first-order valence-corrected chi connectivity index (χ1v) is 9.40. The third-order valence-corrected chi connectivity index (χ3v) is 5.65. The standard InChI is InChI=1S/C21H30NO2/c1-22(14-8-9-15-22)16-17-24-21(23)20(18-10-4-2-5-11-18)19-12-6-3-7-13-19/h2,4-6,10-12,19-20H,3,7-9,13-17H2,1H3/q+1/t19-,20-/m1/s1. The number of nitrogens with zero attached hydrogens (tertiary/aromatic N) is 1. The molecule has 0 unspecified atom stereocenters. The molecule has 1 aliphatic carbocycles. The molecule has 0 saturated carbocycles. The van der Waals surface area contributed by atoms with Crippen LogP contribution in [0.2, 0.25) is 0 Å². The maximum Gasteiger partial charge on any atom is 0.314 e. The lowest BCUT2D eigenvalue weighted by Gasteiger charge is -2.30. The van der Waals surface area contributed by atoms with Crippen LogP contribution in [-0.4, -0.2) is 43.7 Å². The van der Waals surface area contributed by atoms with E-state index in [4.69, 9.17) is 4.74 Å². The zero-order chi connectivity index (χ0) is 16.8. The van der Waals surface area contributed by atoms with E-state index in [0.29, 0.717) is 6.61 Å². The van der Waals surface area contributed by atoms with Gasteiger partial charge in [0.15, 0.2) is 0 Å². The second-order valence-electron chi connectivity index (χ2n) is 7.58. The maximum atomic E-state index is 12.9. The molecular weight excluding hydrogens is 298 g/mol. The van der Waals surface area contributed by atoms with E-state index < -0.39 is 0 Å². The zero-order valence-corrected chi connectivity index (χ0v) is 14.8. The van der Waals surface area contributed by atoms with Crippen molar-refractivity contribution in [2.24, 2.45) is 5.92 Å². The first-order chi connectivity index (χ1) is 11.7. The highest BCUT2D eigenvalue weighted by Gasteiger charge is 2.32. The van der Waals surface area contributed by atoms with E-state index in [1.165, 1.54) is 25.9 Å². The van der Waals surface area contributed by atoms with Crippen molar-refractivity contribution < 1.29 is 14.0 Å². The number of benzene rings is 1. The molecular formula is C21H30NO2+. The summed E-state index contributed by atoms with van der Waals surface area (Å²) in [6, 6.07) is 10.1. The lowest BCUT2D eigenvalue weighted by Crippen LogP contribution is -2.43. The summed E-state index contributed by atoms with van der Waals surface area (Å²) >= 11 is 0. The monoisotopic (exact) mass is 328 g/mol. The van der Waals surface area contributed by atoms with Gasteiger partial charge in [-0.1, -0.05) is 42.5 Å². The minimum Gasteiger partial charge on any atom is -0.459 e. The number of ether oxygens (including phenoxy) is 1. The topological polar surface area (TPSA) is 26.3 Å². The molecule has 0 radical (unpaired) electrons. The zero-order valence-electron chi connectivity index (χ0n) is 14.8. The lowest BCUT2D eigenvalue weighted by molar-refractivity contribution is -0.897. The van der Waals surface area contributed by atoms with Gasteiger partial charge in [0, 0.05) is 12.8 Å². The fourth-order valence-corrected chi connectivity index (χ4v) is 4.11. The van der Waals surface area contributed by atoms with Gasteiger partial charge in [0.05, 0.1) is 26.1 Å². The molecule has 0 amide bonds. The number of hydrogen-bond acceptors (Lipinski definition) is 2. The molecule has 1 saturated heterocycles. The molecule has 1 aromatic carbocycles. The van der Waals surface area contributed by atoms with E-state index in [1.807, 2.05) is 18.2 Å². The van der Waals surface area contributed by atoms with Crippen LogP contribution < -0.4 is 0 Å². The van der Waals surface area contributed by atoms with Gasteiger partial charge in [-0.25, -0.2) is 0 Å². The predicted octanol–water partition coefficient (Wildman–Crippen LogP) is 3.91. The summed E-state index contributed by atoms with van der Waals surface area (Å²) in [5.74, 6) is 0.0559. The summed E-state index contributed by atoms with van der Waals surface area (Å²) in [4.78, 5) is 12.9. The smallest absolute Gasteiger partial charge is 0.314 e. The number of likely N-dealkylation sites (tertiary alicyclic amines) is 1. The summed E-state index contributed by atoms with van der Waals surface area (Å²) in [6.07, 6.45) is 10.4. The Labute approximate surface area is 145 Å². The molecule has 1 aliphatic heterocycles. The van der Waals surface area contributed by atoms with Crippen molar-refractivity contribution in [3.8, 4) is 0 Å². The highest BCUT2D eigenvalue weighted by Crippen LogP contribution is 2.33. The number of carbonyl (C=O) groups excluding carboxylic acids is 1. The minimum absolute atomic E-state index is 0.0523. The Balaban J connectivity index is 1.64. The van der Waals surface area contributed by atoms with Crippen molar-refractivity contribution >= 4 is 5.97 Å². The van der Waals surface area contributed by atoms with Crippen LogP contribution in [0.3, 0.4) is 0 Å².